The van der Waals surface area contributed by atoms with Gasteiger partial charge in [0.25, 0.3) is 5.92 Å². The van der Waals surface area contributed by atoms with Crippen LogP contribution in [0.5, 0.6) is 0 Å². The van der Waals surface area contributed by atoms with Crippen molar-refractivity contribution >= 4 is 0 Å². The Morgan fingerprint density at radius 1 is 1.54 bits per heavy atom. The SMILES string of the molecule is C#CCN(CCC)CC(F)(F)CN. The quantitative estimate of drug-likeness (QED) is 0.631. The van der Waals surface area contributed by atoms with E-state index < -0.39 is 12.5 Å². The number of hydrogen-bond acceptors (Lipinski definition) is 2. The molecule has 0 aliphatic carbocycles. The summed E-state index contributed by atoms with van der Waals surface area (Å²) in [5.41, 5.74) is 4.92. The molecule has 0 saturated carbocycles. The monoisotopic (exact) mass is 190 g/mol. The Morgan fingerprint density at radius 3 is 2.54 bits per heavy atom. The van der Waals surface area contributed by atoms with E-state index in [-0.39, 0.29) is 13.1 Å². The maximum Gasteiger partial charge on any atom is 0.272 e. The molecule has 0 heterocycles. The first-order valence-electron chi connectivity index (χ1n) is 4.29. The Balaban J connectivity index is 4.01. The van der Waals surface area contributed by atoms with E-state index in [1.54, 1.807) is 0 Å². The Morgan fingerprint density at radius 2 is 2.15 bits per heavy atom. The lowest BCUT2D eigenvalue weighted by atomic mass is 10.3. The predicted octanol–water partition coefficient (Wildman–Crippen LogP) is 0.926. The molecule has 0 aliphatic heterocycles. The van der Waals surface area contributed by atoms with E-state index in [4.69, 9.17) is 12.2 Å². The van der Waals surface area contributed by atoms with Crippen LogP contribution in [0.15, 0.2) is 0 Å². The summed E-state index contributed by atoms with van der Waals surface area (Å²) in [6, 6.07) is 0. The van der Waals surface area contributed by atoms with E-state index in [2.05, 4.69) is 5.92 Å². The van der Waals surface area contributed by atoms with Crippen LogP contribution in [0.1, 0.15) is 13.3 Å². The van der Waals surface area contributed by atoms with Crippen molar-refractivity contribution in [2.24, 2.45) is 5.73 Å². The molecule has 76 valence electrons. The van der Waals surface area contributed by atoms with Crippen molar-refractivity contribution < 1.29 is 8.78 Å². The van der Waals surface area contributed by atoms with Gasteiger partial charge in [0.05, 0.1) is 19.6 Å². The Labute approximate surface area is 78.1 Å². The first-order valence-corrected chi connectivity index (χ1v) is 4.29. The number of rotatable bonds is 6. The summed E-state index contributed by atoms with van der Waals surface area (Å²) in [5.74, 6) is -0.476. The molecule has 0 atom stereocenters. The molecule has 0 radical (unpaired) electrons. The molecule has 0 aromatic carbocycles. The second kappa shape index (κ2) is 5.90. The topological polar surface area (TPSA) is 29.3 Å². The first kappa shape index (κ1) is 12.3. The minimum absolute atomic E-state index is 0.253. The molecule has 0 rings (SSSR count). The fraction of sp³-hybridized carbons (Fsp3) is 0.778. The fourth-order valence-electron chi connectivity index (χ4n) is 1.05. The summed E-state index contributed by atoms with van der Waals surface area (Å²) in [6.07, 6.45) is 5.86. The summed E-state index contributed by atoms with van der Waals surface area (Å²) in [7, 11) is 0. The van der Waals surface area contributed by atoms with E-state index in [0.717, 1.165) is 6.42 Å². The highest BCUT2D eigenvalue weighted by Gasteiger charge is 2.29. The molecule has 0 bridgehead atoms. The van der Waals surface area contributed by atoms with Crippen LogP contribution in [0.4, 0.5) is 8.78 Å². The highest BCUT2D eigenvalue weighted by Crippen LogP contribution is 2.13. The molecule has 2 nitrogen and oxygen atoms in total. The number of terminal acetylenes is 1. The zero-order chi connectivity index (χ0) is 10.3. The number of halogens is 2. The molecule has 0 amide bonds. The molecule has 0 aromatic rings. The molecule has 0 fully saturated rings. The highest BCUT2D eigenvalue weighted by atomic mass is 19.3. The van der Waals surface area contributed by atoms with Gasteiger partial charge in [0, 0.05) is 0 Å². The summed E-state index contributed by atoms with van der Waals surface area (Å²) in [5, 5.41) is 0. The number of nitrogens with two attached hydrogens (primary N) is 1. The Hall–Kier alpha value is -0.660. The van der Waals surface area contributed by atoms with E-state index in [1.165, 1.54) is 4.90 Å². The fourth-order valence-corrected chi connectivity index (χ4v) is 1.05. The van der Waals surface area contributed by atoms with E-state index in [0.29, 0.717) is 6.54 Å². The number of alkyl halides is 2. The predicted molar refractivity (Wildman–Crippen MR) is 49.6 cm³/mol. The Bertz CT molecular complexity index is 175. The van der Waals surface area contributed by atoms with Gasteiger partial charge in [-0.1, -0.05) is 12.8 Å². The second-order valence-electron chi connectivity index (χ2n) is 2.97. The van der Waals surface area contributed by atoms with Gasteiger partial charge in [0.15, 0.2) is 0 Å². The van der Waals surface area contributed by atoms with Gasteiger partial charge < -0.3 is 5.73 Å². The van der Waals surface area contributed by atoms with Crippen molar-refractivity contribution in [2.75, 3.05) is 26.2 Å². The normalized spacial score (nSPS) is 11.7. The molecule has 13 heavy (non-hydrogen) atoms. The van der Waals surface area contributed by atoms with Crippen LogP contribution in [0.3, 0.4) is 0 Å². The third-order valence-corrected chi connectivity index (χ3v) is 1.61. The van der Waals surface area contributed by atoms with Crippen LogP contribution in [-0.4, -0.2) is 37.0 Å². The van der Waals surface area contributed by atoms with Gasteiger partial charge in [-0.15, -0.1) is 6.42 Å². The minimum Gasteiger partial charge on any atom is -0.325 e. The molecule has 0 aromatic heterocycles. The van der Waals surface area contributed by atoms with E-state index >= 15 is 0 Å². The van der Waals surface area contributed by atoms with Gasteiger partial charge in [-0.05, 0) is 13.0 Å². The third kappa shape index (κ3) is 5.56. The van der Waals surface area contributed by atoms with Crippen molar-refractivity contribution in [1.82, 2.24) is 4.90 Å². The molecule has 0 spiro atoms. The van der Waals surface area contributed by atoms with E-state index in [1.807, 2.05) is 6.92 Å². The average molecular weight is 190 g/mol. The summed E-state index contributed by atoms with van der Waals surface area (Å²) in [4.78, 5) is 1.53. The number of nitrogens with zero attached hydrogens (tertiary/aromatic N) is 1. The highest BCUT2D eigenvalue weighted by molar-refractivity contribution is 4.89. The molecule has 4 heteroatoms. The molecular weight excluding hydrogens is 174 g/mol. The molecule has 0 saturated heterocycles. The van der Waals surface area contributed by atoms with Crippen LogP contribution in [0.25, 0.3) is 0 Å². The van der Waals surface area contributed by atoms with Gasteiger partial charge in [0.1, 0.15) is 0 Å². The van der Waals surface area contributed by atoms with Crippen LogP contribution >= 0.6 is 0 Å². The van der Waals surface area contributed by atoms with E-state index in [9.17, 15) is 8.78 Å². The van der Waals surface area contributed by atoms with Crippen LogP contribution in [0.2, 0.25) is 0 Å². The van der Waals surface area contributed by atoms with Crippen molar-refractivity contribution in [3.8, 4) is 12.3 Å². The average Bonchev–Trinajstić information content (AvgIpc) is 2.05. The smallest absolute Gasteiger partial charge is 0.272 e. The standard InChI is InChI=1S/C9H16F2N2/c1-3-5-13(6-4-2)8-9(10,11)7-12/h1H,4-8,12H2,2H3. The lowest BCUT2D eigenvalue weighted by Crippen LogP contribution is -2.42. The zero-order valence-electron chi connectivity index (χ0n) is 7.89. The first-order chi connectivity index (χ1) is 6.05. The summed E-state index contributed by atoms with van der Waals surface area (Å²) >= 11 is 0. The van der Waals surface area contributed by atoms with Crippen molar-refractivity contribution in [1.29, 1.82) is 0 Å². The molecule has 2 N–H and O–H groups in total. The van der Waals surface area contributed by atoms with Crippen LogP contribution in [0, 0.1) is 12.3 Å². The maximum atomic E-state index is 12.8. The largest absolute Gasteiger partial charge is 0.325 e. The van der Waals surface area contributed by atoms with Crippen LogP contribution in [-0.2, 0) is 0 Å². The van der Waals surface area contributed by atoms with Crippen molar-refractivity contribution in [3.05, 3.63) is 0 Å². The van der Waals surface area contributed by atoms with Gasteiger partial charge >= 0.3 is 0 Å². The van der Waals surface area contributed by atoms with Gasteiger partial charge in [-0.25, -0.2) is 8.78 Å². The minimum atomic E-state index is -2.83. The zero-order valence-corrected chi connectivity index (χ0v) is 7.89. The lowest BCUT2D eigenvalue weighted by molar-refractivity contribution is -0.0203. The summed E-state index contributed by atoms with van der Waals surface area (Å²) in [6.45, 7) is 1.78. The van der Waals surface area contributed by atoms with Crippen LogP contribution < -0.4 is 5.73 Å². The third-order valence-electron chi connectivity index (χ3n) is 1.61. The lowest BCUT2D eigenvalue weighted by Gasteiger charge is -2.24. The Kier molecular flexibility index (Phi) is 5.60. The summed E-state index contributed by atoms with van der Waals surface area (Å²) < 4.78 is 25.6. The van der Waals surface area contributed by atoms with Gasteiger partial charge in [0.2, 0.25) is 0 Å². The van der Waals surface area contributed by atoms with Gasteiger partial charge in [-0.3, -0.25) is 4.90 Å². The molecular formula is C9H16F2N2. The number of hydrogen-bond donors (Lipinski definition) is 1. The maximum absolute atomic E-state index is 12.8. The van der Waals surface area contributed by atoms with Crippen molar-refractivity contribution in [3.63, 3.8) is 0 Å². The second-order valence-corrected chi connectivity index (χ2v) is 2.97. The molecule has 0 aliphatic rings. The van der Waals surface area contributed by atoms with Crippen molar-refractivity contribution in [2.45, 2.75) is 19.3 Å². The molecule has 0 unspecified atom stereocenters. The van der Waals surface area contributed by atoms with Gasteiger partial charge in [-0.2, -0.15) is 0 Å².